The van der Waals surface area contributed by atoms with Crippen molar-refractivity contribution in [3.8, 4) is 11.4 Å². The summed E-state index contributed by atoms with van der Waals surface area (Å²) >= 11 is 0. The van der Waals surface area contributed by atoms with E-state index < -0.39 is 0 Å². The topological polar surface area (TPSA) is 50.4 Å². The molecule has 1 aromatic heterocycles. The first-order valence-corrected chi connectivity index (χ1v) is 7.65. The predicted octanol–water partition coefficient (Wildman–Crippen LogP) is 2.31. The van der Waals surface area contributed by atoms with Crippen LogP contribution in [0.25, 0.3) is 11.4 Å². The van der Waals surface area contributed by atoms with Crippen LogP contribution >= 0.6 is 0 Å². The average Bonchev–Trinajstić information content (AvgIpc) is 3.17. The summed E-state index contributed by atoms with van der Waals surface area (Å²) in [5.74, 6) is 0.918. The molecule has 1 aromatic carbocycles. The van der Waals surface area contributed by atoms with E-state index in [1.807, 2.05) is 24.4 Å². The first-order chi connectivity index (χ1) is 10.8. The molecular weight excluding hydrogens is 278 g/mol. The van der Waals surface area contributed by atoms with Crippen molar-refractivity contribution < 1.29 is 9.47 Å². The first-order valence-electron chi connectivity index (χ1n) is 7.65. The van der Waals surface area contributed by atoms with Gasteiger partial charge in [-0.3, -0.25) is 4.90 Å². The molecule has 5 nitrogen and oxygen atoms in total. The molecular formula is C17H23N3O2. The first kappa shape index (κ1) is 15.2. The van der Waals surface area contributed by atoms with Crippen LogP contribution in [0, 0.1) is 0 Å². The molecule has 0 aliphatic carbocycles. The van der Waals surface area contributed by atoms with Crippen molar-refractivity contribution in [2.75, 3.05) is 27.4 Å². The molecule has 22 heavy (non-hydrogen) atoms. The molecule has 0 bridgehead atoms. The number of methoxy groups -OCH3 is 2. The third-order valence-electron chi connectivity index (χ3n) is 4.23. The number of nitrogens with zero attached hydrogens (tertiary/aromatic N) is 2. The molecule has 2 atom stereocenters. The summed E-state index contributed by atoms with van der Waals surface area (Å²) in [5.41, 5.74) is 2.23. The van der Waals surface area contributed by atoms with E-state index in [1.54, 1.807) is 14.2 Å². The van der Waals surface area contributed by atoms with Crippen LogP contribution in [0.4, 0.5) is 0 Å². The molecule has 1 N–H and O–H groups in total. The minimum atomic E-state index is 0.289. The predicted molar refractivity (Wildman–Crippen MR) is 85.5 cm³/mol. The molecule has 0 unspecified atom stereocenters. The Bertz CT molecular complexity index is 585. The lowest BCUT2D eigenvalue weighted by atomic mass is 10.2. The third-order valence-corrected chi connectivity index (χ3v) is 4.23. The van der Waals surface area contributed by atoms with Gasteiger partial charge in [-0.05, 0) is 6.42 Å². The van der Waals surface area contributed by atoms with Gasteiger partial charge in [-0.25, -0.2) is 4.98 Å². The number of aromatic nitrogens is 2. The van der Waals surface area contributed by atoms with Crippen LogP contribution in [-0.2, 0) is 16.0 Å². The van der Waals surface area contributed by atoms with E-state index >= 15 is 0 Å². The van der Waals surface area contributed by atoms with Crippen LogP contribution in [0.15, 0.2) is 36.5 Å². The normalized spacial score (nSPS) is 22.3. The average molecular weight is 301 g/mol. The Kier molecular flexibility index (Phi) is 4.87. The van der Waals surface area contributed by atoms with E-state index in [-0.39, 0.29) is 6.10 Å². The number of ether oxygens (including phenoxy) is 2. The molecule has 3 rings (SSSR count). The smallest absolute Gasteiger partial charge is 0.137 e. The second-order valence-electron chi connectivity index (χ2n) is 5.76. The number of nitrogens with one attached hydrogen (secondary N) is 1. The summed E-state index contributed by atoms with van der Waals surface area (Å²) in [6.07, 6.45) is 3.23. The maximum atomic E-state index is 5.51. The van der Waals surface area contributed by atoms with Crippen molar-refractivity contribution in [2.45, 2.75) is 25.1 Å². The monoisotopic (exact) mass is 301 g/mol. The SMILES string of the molecule is COC[C@@H]1C[C@H](OC)CN1Cc1cnc(-c2ccccc2)[nH]1. The Morgan fingerprint density at radius 3 is 2.82 bits per heavy atom. The van der Waals surface area contributed by atoms with Gasteiger partial charge in [-0.2, -0.15) is 0 Å². The van der Waals surface area contributed by atoms with E-state index in [2.05, 4.69) is 27.0 Å². The molecule has 2 aromatic rings. The van der Waals surface area contributed by atoms with Crippen molar-refractivity contribution in [3.63, 3.8) is 0 Å². The summed E-state index contributed by atoms with van der Waals surface area (Å²) in [6.45, 7) is 2.51. The number of aromatic amines is 1. The van der Waals surface area contributed by atoms with Crippen LogP contribution in [0.1, 0.15) is 12.1 Å². The van der Waals surface area contributed by atoms with Gasteiger partial charge in [0, 0.05) is 50.8 Å². The maximum Gasteiger partial charge on any atom is 0.137 e. The highest BCUT2D eigenvalue weighted by molar-refractivity contribution is 5.54. The zero-order chi connectivity index (χ0) is 15.4. The second kappa shape index (κ2) is 7.05. The number of benzene rings is 1. The van der Waals surface area contributed by atoms with E-state index in [1.165, 1.54) is 0 Å². The quantitative estimate of drug-likeness (QED) is 0.889. The fourth-order valence-electron chi connectivity index (χ4n) is 3.07. The van der Waals surface area contributed by atoms with Gasteiger partial charge >= 0.3 is 0 Å². The Balaban J connectivity index is 1.69. The summed E-state index contributed by atoms with van der Waals surface area (Å²) in [4.78, 5) is 10.3. The third kappa shape index (κ3) is 3.38. The Labute approximate surface area is 131 Å². The van der Waals surface area contributed by atoms with Gasteiger partial charge in [0.1, 0.15) is 5.82 Å². The lowest BCUT2D eigenvalue weighted by molar-refractivity contribution is 0.105. The maximum absolute atomic E-state index is 5.51. The van der Waals surface area contributed by atoms with Crippen LogP contribution in [0.3, 0.4) is 0 Å². The highest BCUT2D eigenvalue weighted by Crippen LogP contribution is 2.23. The number of imidazole rings is 1. The highest BCUT2D eigenvalue weighted by atomic mass is 16.5. The molecule has 2 heterocycles. The summed E-state index contributed by atoms with van der Waals surface area (Å²) < 4.78 is 10.8. The standard InChI is InChI=1S/C17H23N3O2/c1-21-12-15-8-16(22-2)11-20(15)10-14-9-18-17(19-14)13-6-4-3-5-7-13/h3-7,9,15-16H,8,10-12H2,1-2H3,(H,18,19)/t15-,16-/m0/s1. The van der Waals surface area contributed by atoms with Gasteiger partial charge in [0.15, 0.2) is 0 Å². The number of likely N-dealkylation sites (tertiary alicyclic amines) is 1. The lowest BCUT2D eigenvalue weighted by Gasteiger charge is -2.22. The van der Waals surface area contributed by atoms with Crippen LogP contribution < -0.4 is 0 Å². The number of rotatable bonds is 6. The highest BCUT2D eigenvalue weighted by Gasteiger charge is 2.32. The van der Waals surface area contributed by atoms with E-state index in [9.17, 15) is 0 Å². The summed E-state index contributed by atoms with van der Waals surface area (Å²) in [7, 11) is 3.53. The van der Waals surface area contributed by atoms with Crippen molar-refractivity contribution in [2.24, 2.45) is 0 Å². The Hall–Kier alpha value is -1.69. The minimum absolute atomic E-state index is 0.289. The molecule has 118 valence electrons. The lowest BCUT2D eigenvalue weighted by Crippen LogP contribution is -2.32. The zero-order valence-corrected chi connectivity index (χ0v) is 13.2. The molecule has 0 amide bonds. The molecule has 0 saturated carbocycles. The van der Waals surface area contributed by atoms with E-state index in [0.717, 1.165) is 43.2 Å². The van der Waals surface area contributed by atoms with Gasteiger partial charge in [0.2, 0.25) is 0 Å². The Morgan fingerprint density at radius 1 is 1.27 bits per heavy atom. The van der Waals surface area contributed by atoms with Gasteiger partial charge < -0.3 is 14.5 Å². The number of H-pyrrole nitrogens is 1. The van der Waals surface area contributed by atoms with Gasteiger partial charge in [-0.15, -0.1) is 0 Å². The molecule has 5 heteroatoms. The van der Waals surface area contributed by atoms with Crippen LogP contribution in [-0.4, -0.2) is 54.4 Å². The van der Waals surface area contributed by atoms with Crippen LogP contribution in [0.2, 0.25) is 0 Å². The van der Waals surface area contributed by atoms with Crippen LogP contribution in [0.5, 0.6) is 0 Å². The minimum Gasteiger partial charge on any atom is -0.383 e. The van der Waals surface area contributed by atoms with Gasteiger partial charge in [0.25, 0.3) is 0 Å². The molecule has 1 saturated heterocycles. The van der Waals surface area contributed by atoms with E-state index in [4.69, 9.17) is 9.47 Å². The van der Waals surface area contributed by atoms with E-state index in [0.29, 0.717) is 6.04 Å². The second-order valence-corrected chi connectivity index (χ2v) is 5.76. The van der Waals surface area contributed by atoms with Crippen molar-refractivity contribution in [1.82, 2.24) is 14.9 Å². The number of hydrogen-bond donors (Lipinski definition) is 1. The summed E-state index contributed by atoms with van der Waals surface area (Å²) in [6, 6.07) is 10.6. The van der Waals surface area contributed by atoms with Gasteiger partial charge in [0.05, 0.1) is 12.7 Å². The van der Waals surface area contributed by atoms with Crippen molar-refractivity contribution in [3.05, 3.63) is 42.2 Å². The van der Waals surface area contributed by atoms with Crippen molar-refractivity contribution in [1.29, 1.82) is 0 Å². The van der Waals surface area contributed by atoms with Gasteiger partial charge in [-0.1, -0.05) is 30.3 Å². The van der Waals surface area contributed by atoms with Crippen molar-refractivity contribution >= 4 is 0 Å². The molecule has 0 radical (unpaired) electrons. The molecule has 1 fully saturated rings. The fourth-order valence-corrected chi connectivity index (χ4v) is 3.07. The number of hydrogen-bond acceptors (Lipinski definition) is 4. The zero-order valence-electron chi connectivity index (χ0n) is 13.2. The molecule has 1 aliphatic heterocycles. The summed E-state index contributed by atoms with van der Waals surface area (Å²) in [5, 5.41) is 0. The molecule has 1 aliphatic rings. The largest absolute Gasteiger partial charge is 0.383 e. The Morgan fingerprint density at radius 2 is 2.09 bits per heavy atom. The fraction of sp³-hybridized carbons (Fsp3) is 0.471. The molecule has 0 spiro atoms.